The van der Waals surface area contributed by atoms with Crippen LogP contribution in [0.2, 0.25) is 0 Å². The molecule has 0 saturated carbocycles. The van der Waals surface area contributed by atoms with Gasteiger partial charge in [0.15, 0.2) is 0 Å². The van der Waals surface area contributed by atoms with Crippen LogP contribution in [0.5, 0.6) is 0 Å². The zero-order valence-corrected chi connectivity index (χ0v) is 17.8. The van der Waals surface area contributed by atoms with Crippen LogP contribution in [-0.2, 0) is 15.0 Å². The van der Waals surface area contributed by atoms with Crippen LogP contribution in [0, 0.1) is 0 Å². The maximum atomic E-state index is 9.53. The van der Waals surface area contributed by atoms with Gasteiger partial charge in [-0.05, 0) is 29.7 Å². The summed E-state index contributed by atoms with van der Waals surface area (Å²) in [6.45, 7) is 5.71. The molecule has 0 spiro atoms. The quantitative estimate of drug-likeness (QED) is 0.658. The highest BCUT2D eigenvalue weighted by Crippen LogP contribution is 2.46. The average Bonchev–Trinajstić information content (AvgIpc) is 3.07. The molecular formula is C24H30N2O4. The lowest BCUT2D eigenvalue weighted by Gasteiger charge is -2.30. The van der Waals surface area contributed by atoms with Crippen LogP contribution in [0.25, 0.3) is 0 Å². The highest BCUT2D eigenvalue weighted by molar-refractivity contribution is 5.88. The van der Waals surface area contributed by atoms with E-state index in [1.165, 1.54) is 28.3 Å². The third-order valence-electron chi connectivity index (χ3n) is 5.39. The number of quaternary nitrogens is 1. The lowest BCUT2D eigenvalue weighted by atomic mass is 9.74. The van der Waals surface area contributed by atoms with Crippen molar-refractivity contribution in [1.29, 1.82) is 0 Å². The lowest BCUT2D eigenvalue weighted by molar-refractivity contribution is -0.856. The second-order valence-electron chi connectivity index (χ2n) is 7.69. The number of hydrogen-bond donors (Lipinski definition) is 2. The summed E-state index contributed by atoms with van der Waals surface area (Å²) in [5, 5.41) is 17.2. The molecule has 2 aromatic rings. The SMILES string of the molecule is CCC1(c2ccccc2)CN(CC[NH+](C)C)c2ccccc21.O=C([O-])/C=C\C(=O)O. The summed E-state index contributed by atoms with van der Waals surface area (Å²) in [5.74, 6) is -2.80. The molecule has 1 atom stereocenters. The van der Waals surface area contributed by atoms with E-state index in [1.807, 2.05) is 0 Å². The number of likely N-dealkylation sites (N-methyl/N-ethyl adjacent to an activating group) is 1. The maximum absolute atomic E-state index is 9.53. The van der Waals surface area contributed by atoms with Gasteiger partial charge < -0.3 is 24.8 Å². The van der Waals surface area contributed by atoms with E-state index in [0.29, 0.717) is 12.2 Å². The number of para-hydroxylation sites is 1. The summed E-state index contributed by atoms with van der Waals surface area (Å²) in [5.41, 5.74) is 4.51. The molecular weight excluding hydrogens is 380 g/mol. The normalized spacial score (nSPS) is 17.5. The molecule has 6 nitrogen and oxygen atoms in total. The van der Waals surface area contributed by atoms with Gasteiger partial charge in [0, 0.05) is 23.7 Å². The fraction of sp³-hybridized carbons (Fsp3) is 0.333. The van der Waals surface area contributed by atoms with Crippen LogP contribution >= 0.6 is 0 Å². The third kappa shape index (κ3) is 5.70. The van der Waals surface area contributed by atoms with Crippen molar-refractivity contribution in [1.82, 2.24) is 0 Å². The molecule has 0 radical (unpaired) electrons. The molecule has 6 heteroatoms. The largest absolute Gasteiger partial charge is 0.545 e. The lowest BCUT2D eigenvalue weighted by Crippen LogP contribution is -3.06. The van der Waals surface area contributed by atoms with Crippen molar-refractivity contribution in [2.75, 3.05) is 38.6 Å². The molecule has 0 aromatic heterocycles. The minimum Gasteiger partial charge on any atom is -0.545 e. The smallest absolute Gasteiger partial charge is 0.328 e. The first kappa shape index (κ1) is 23.2. The second kappa shape index (κ2) is 10.6. The van der Waals surface area contributed by atoms with Gasteiger partial charge in [0.2, 0.25) is 0 Å². The molecule has 0 amide bonds. The van der Waals surface area contributed by atoms with E-state index in [0.717, 1.165) is 19.5 Å². The van der Waals surface area contributed by atoms with E-state index >= 15 is 0 Å². The molecule has 0 saturated heterocycles. The number of benzene rings is 2. The number of anilines is 1. The molecule has 0 aliphatic carbocycles. The fourth-order valence-corrected chi connectivity index (χ4v) is 3.86. The van der Waals surface area contributed by atoms with Crippen LogP contribution in [-0.4, -0.2) is 50.8 Å². The van der Waals surface area contributed by atoms with Gasteiger partial charge in [-0.25, -0.2) is 4.79 Å². The van der Waals surface area contributed by atoms with Crippen molar-refractivity contribution < 1.29 is 24.7 Å². The van der Waals surface area contributed by atoms with Gasteiger partial charge in [0.05, 0.1) is 33.2 Å². The number of hydrogen-bond acceptors (Lipinski definition) is 4. The molecule has 2 N–H and O–H groups in total. The summed E-state index contributed by atoms with van der Waals surface area (Å²) in [6, 6.07) is 20.0. The third-order valence-corrected chi connectivity index (χ3v) is 5.39. The minimum atomic E-state index is -1.51. The predicted octanol–water partition coefficient (Wildman–Crippen LogP) is 0.724. The number of aliphatic carboxylic acids is 2. The van der Waals surface area contributed by atoms with Crippen molar-refractivity contribution >= 4 is 17.6 Å². The Kier molecular flexibility index (Phi) is 8.18. The predicted molar refractivity (Wildman–Crippen MR) is 116 cm³/mol. The van der Waals surface area contributed by atoms with Gasteiger partial charge in [-0.15, -0.1) is 0 Å². The first-order valence-electron chi connectivity index (χ1n) is 10.1. The molecule has 3 rings (SSSR count). The highest BCUT2D eigenvalue weighted by atomic mass is 16.4. The van der Waals surface area contributed by atoms with Crippen molar-refractivity contribution in [2.45, 2.75) is 18.8 Å². The topological polar surface area (TPSA) is 85.1 Å². The van der Waals surface area contributed by atoms with Gasteiger partial charge in [-0.3, -0.25) is 0 Å². The molecule has 160 valence electrons. The number of nitrogens with zero attached hydrogens (tertiary/aromatic N) is 1. The van der Waals surface area contributed by atoms with Gasteiger partial charge in [0.1, 0.15) is 0 Å². The highest BCUT2D eigenvalue weighted by Gasteiger charge is 2.42. The zero-order valence-electron chi connectivity index (χ0n) is 17.8. The van der Waals surface area contributed by atoms with Gasteiger partial charge >= 0.3 is 5.97 Å². The summed E-state index contributed by atoms with van der Waals surface area (Å²) in [4.78, 5) is 23.1. The summed E-state index contributed by atoms with van der Waals surface area (Å²) in [6.07, 6.45) is 2.08. The Bertz CT molecular complexity index is 864. The molecule has 1 aliphatic heterocycles. The van der Waals surface area contributed by atoms with Crippen molar-refractivity contribution in [3.63, 3.8) is 0 Å². The molecule has 1 aliphatic rings. The monoisotopic (exact) mass is 410 g/mol. The first-order valence-corrected chi connectivity index (χ1v) is 10.1. The van der Waals surface area contributed by atoms with E-state index in [4.69, 9.17) is 5.11 Å². The molecule has 1 heterocycles. The van der Waals surface area contributed by atoms with Gasteiger partial charge in [-0.2, -0.15) is 0 Å². The van der Waals surface area contributed by atoms with Crippen LogP contribution in [0.3, 0.4) is 0 Å². The van der Waals surface area contributed by atoms with Crippen molar-refractivity contribution in [3.05, 3.63) is 77.9 Å². The number of carbonyl (C=O) groups excluding carboxylic acids is 1. The van der Waals surface area contributed by atoms with Crippen LogP contribution in [0.1, 0.15) is 24.5 Å². The summed E-state index contributed by atoms with van der Waals surface area (Å²) >= 11 is 0. The Morgan fingerprint density at radius 3 is 2.27 bits per heavy atom. The molecule has 1 unspecified atom stereocenters. The number of fused-ring (bicyclic) bond motifs is 1. The Hall–Kier alpha value is -3.12. The van der Waals surface area contributed by atoms with Gasteiger partial charge in [0.25, 0.3) is 0 Å². The average molecular weight is 411 g/mol. The Morgan fingerprint density at radius 1 is 1.10 bits per heavy atom. The van der Waals surface area contributed by atoms with Crippen LogP contribution in [0.15, 0.2) is 66.7 Å². The van der Waals surface area contributed by atoms with E-state index in [9.17, 15) is 14.7 Å². The molecule has 0 fully saturated rings. The minimum absolute atomic E-state index is 0.138. The number of carboxylic acids is 2. The van der Waals surface area contributed by atoms with Crippen LogP contribution < -0.4 is 14.9 Å². The standard InChI is InChI=1S/C20H26N2.C4H4O4/c1-4-20(17-10-6-5-7-11-17)16-22(15-14-21(2)3)19-13-9-8-12-18(19)20;5-3(6)1-2-4(7)8/h5-13H,4,14-16H2,1-3H3;1-2H,(H,5,6)(H,7,8)/b;2-1-. The molecule has 2 aromatic carbocycles. The second-order valence-corrected chi connectivity index (χ2v) is 7.69. The van der Waals surface area contributed by atoms with E-state index < -0.39 is 11.9 Å². The Balaban J connectivity index is 0.000000343. The summed E-state index contributed by atoms with van der Waals surface area (Å²) < 4.78 is 0. The number of carboxylic acid groups (broad SMARTS) is 2. The summed E-state index contributed by atoms with van der Waals surface area (Å²) in [7, 11) is 4.46. The molecule has 30 heavy (non-hydrogen) atoms. The Labute approximate surface area is 178 Å². The van der Waals surface area contributed by atoms with E-state index in [-0.39, 0.29) is 5.41 Å². The van der Waals surface area contributed by atoms with E-state index in [1.54, 1.807) is 0 Å². The van der Waals surface area contributed by atoms with E-state index in [2.05, 4.69) is 80.5 Å². The first-order chi connectivity index (χ1) is 14.3. The number of carbonyl (C=O) groups is 2. The number of rotatable bonds is 7. The maximum Gasteiger partial charge on any atom is 0.328 e. The van der Waals surface area contributed by atoms with Gasteiger partial charge in [-0.1, -0.05) is 55.5 Å². The number of nitrogens with one attached hydrogen (secondary N) is 1. The zero-order chi connectivity index (χ0) is 22.1. The van der Waals surface area contributed by atoms with Crippen LogP contribution in [0.4, 0.5) is 5.69 Å². The molecule has 0 bridgehead atoms. The van der Waals surface area contributed by atoms with Crippen molar-refractivity contribution in [3.8, 4) is 0 Å². The Morgan fingerprint density at radius 2 is 1.73 bits per heavy atom. The fourth-order valence-electron chi connectivity index (χ4n) is 3.86. The van der Waals surface area contributed by atoms with Crippen molar-refractivity contribution in [2.24, 2.45) is 0 Å².